The van der Waals surface area contributed by atoms with Crippen LogP contribution in [0.3, 0.4) is 0 Å². The van der Waals surface area contributed by atoms with E-state index >= 15 is 0 Å². The van der Waals surface area contributed by atoms with Gasteiger partial charge in [0.05, 0.1) is 5.57 Å². The molecule has 0 heterocycles. The molecule has 0 saturated carbocycles. The smallest absolute Gasteiger partial charge is 0.188 e. The Morgan fingerprint density at radius 3 is 2.20 bits per heavy atom. The third-order valence-electron chi connectivity index (χ3n) is 1.04. The molecular formula is C8H10O2. The number of rotatable bonds is 3. The molecule has 0 aliphatic rings. The van der Waals surface area contributed by atoms with E-state index in [0.717, 1.165) is 0 Å². The van der Waals surface area contributed by atoms with Gasteiger partial charge in [-0.1, -0.05) is 12.2 Å². The lowest BCUT2D eigenvalue weighted by molar-refractivity contribution is -0.114. The molecule has 0 aliphatic carbocycles. The minimum atomic E-state index is -0.236. The Morgan fingerprint density at radius 2 is 1.90 bits per heavy atom. The van der Waals surface area contributed by atoms with Gasteiger partial charge in [0, 0.05) is 0 Å². The normalized spacial score (nSPS) is 12.0. The molecule has 0 rings (SSSR count). The van der Waals surface area contributed by atoms with Crippen LogP contribution in [0.15, 0.2) is 23.8 Å². The van der Waals surface area contributed by atoms with Crippen molar-refractivity contribution in [3.05, 3.63) is 23.8 Å². The lowest BCUT2D eigenvalue weighted by atomic mass is 10.2. The summed E-state index contributed by atoms with van der Waals surface area (Å²) in [5, 5.41) is 0. The molecule has 0 unspecified atom stereocenters. The van der Waals surface area contributed by atoms with E-state index in [2.05, 4.69) is 0 Å². The summed E-state index contributed by atoms with van der Waals surface area (Å²) in [6.07, 6.45) is 5.02. The van der Waals surface area contributed by atoms with Crippen molar-refractivity contribution in [2.45, 2.75) is 13.8 Å². The maximum atomic E-state index is 10.8. The number of hydrogen-bond donors (Lipinski definition) is 0. The van der Waals surface area contributed by atoms with Gasteiger partial charge in [0.1, 0.15) is 0 Å². The molecule has 0 N–H and O–H groups in total. The van der Waals surface area contributed by atoms with Crippen LogP contribution in [0.5, 0.6) is 0 Å². The van der Waals surface area contributed by atoms with Crippen LogP contribution < -0.4 is 0 Å². The molecule has 0 spiro atoms. The third-order valence-corrected chi connectivity index (χ3v) is 1.04. The van der Waals surface area contributed by atoms with E-state index in [1.807, 2.05) is 0 Å². The van der Waals surface area contributed by atoms with Crippen LogP contribution in [0.2, 0.25) is 0 Å². The van der Waals surface area contributed by atoms with Crippen LogP contribution in [-0.2, 0) is 9.59 Å². The molecule has 0 fully saturated rings. The Balaban J connectivity index is 4.32. The molecule has 10 heavy (non-hydrogen) atoms. The molecule has 0 aromatic rings. The van der Waals surface area contributed by atoms with Crippen molar-refractivity contribution < 1.29 is 9.59 Å². The molecule has 2 heteroatoms. The molecule has 0 aromatic heterocycles. The monoisotopic (exact) mass is 138 g/mol. The summed E-state index contributed by atoms with van der Waals surface area (Å²) in [5.41, 5.74) is 0.207. The van der Waals surface area contributed by atoms with Gasteiger partial charge in [0.25, 0.3) is 0 Å². The number of carbonyl (C=O) groups is 2. The molecule has 0 saturated heterocycles. The molecule has 54 valence electrons. The van der Waals surface area contributed by atoms with E-state index < -0.39 is 0 Å². The number of carbonyl (C=O) groups excluding carboxylic acids is 2. The van der Waals surface area contributed by atoms with Crippen LogP contribution in [-0.4, -0.2) is 12.1 Å². The molecular weight excluding hydrogens is 128 g/mol. The van der Waals surface area contributed by atoms with Crippen molar-refractivity contribution in [1.82, 2.24) is 0 Å². The third kappa shape index (κ3) is 2.40. The van der Waals surface area contributed by atoms with E-state index in [4.69, 9.17) is 0 Å². The predicted octanol–water partition coefficient (Wildman–Crippen LogP) is 1.28. The van der Waals surface area contributed by atoms with E-state index in [-0.39, 0.29) is 11.4 Å². The molecule has 0 atom stereocenters. The lowest BCUT2D eigenvalue weighted by Crippen LogP contribution is -1.98. The minimum absolute atomic E-state index is 0.207. The Bertz CT molecular complexity index is 187. The predicted molar refractivity (Wildman–Crippen MR) is 39.6 cm³/mol. The first-order valence-electron chi connectivity index (χ1n) is 3.04. The van der Waals surface area contributed by atoms with E-state index in [0.29, 0.717) is 6.29 Å². The maximum absolute atomic E-state index is 10.8. The molecule has 2 nitrogen and oxygen atoms in total. The van der Waals surface area contributed by atoms with E-state index in [9.17, 15) is 9.59 Å². The quantitative estimate of drug-likeness (QED) is 0.255. The highest BCUT2D eigenvalue weighted by molar-refractivity contribution is 6.16. The van der Waals surface area contributed by atoms with Crippen LogP contribution >= 0.6 is 0 Å². The number of ketones is 1. The van der Waals surface area contributed by atoms with Crippen molar-refractivity contribution in [2.75, 3.05) is 0 Å². The first-order valence-corrected chi connectivity index (χ1v) is 3.04. The zero-order valence-corrected chi connectivity index (χ0v) is 6.13. The van der Waals surface area contributed by atoms with Crippen LogP contribution in [0.4, 0.5) is 0 Å². The van der Waals surface area contributed by atoms with Crippen molar-refractivity contribution in [3.63, 3.8) is 0 Å². The molecule has 0 aromatic carbocycles. The molecule has 0 amide bonds. The second-order valence-corrected chi connectivity index (χ2v) is 1.73. The standard InChI is InChI=1S/C8H10O2/c1-3-5-8(10)7(4-2)6-9/h3-6H,1-2H3/b5-3?,7-4-. The van der Waals surface area contributed by atoms with Gasteiger partial charge in [-0.3, -0.25) is 9.59 Å². The van der Waals surface area contributed by atoms with E-state index in [1.165, 1.54) is 12.2 Å². The second kappa shape index (κ2) is 4.68. The first kappa shape index (κ1) is 8.82. The second-order valence-electron chi connectivity index (χ2n) is 1.73. The number of allylic oxidation sites excluding steroid dienone is 4. The van der Waals surface area contributed by atoms with Crippen LogP contribution in [0.25, 0.3) is 0 Å². The highest BCUT2D eigenvalue weighted by Crippen LogP contribution is 1.92. The van der Waals surface area contributed by atoms with E-state index in [1.54, 1.807) is 19.9 Å². The van der Waals surface area contributed by atoms with Gasteiger partial charge in [0.15, 0.2) is 12.1 Å². The van der Waals surface area contributed by atoms with Crippen molar-refractivity contribution >= 4 is 12.1 Å². The topological polar surface area (TPSA) is 34.1 Å². The van der Waals surface area contributed by atoms with Gasteiger partial charge in [0.2, 0.25) is 0 Å². The summed E-state index contributed by atoms with van der Waals surface area (Å²) in [5.74, 6) is -0.236. The maximum Gasteiger partial charge on any atom is 0.188 e. The Morgan fingerprint density at radius 1 is 1.30 bits per heavy atom. The molecule has 0 radical (unpaired) electrons. The van der Waals surface area contributed by atoms with Gasteiger partial charge in [-0.05, 0) is 19.9 Å². The fourth-order valence-corrected chi connectivity index (χ4v) is 0.516. The van der Waals surface area contributed by atoms with Gasteiger partial charge in [-0.15, -0.1) is 0 Å². The average molecular weight is 138 g/mol. The van der Waals surface area contributed by atoms with Gasteiger partial charge >= 0.3 is 0 Å². The molecule has 0 aliphatic heterocycles. The Hall–Kier alpha value is -1.18. The fraction of sp³-hybridized carbons (Fsp3) is 0.250. The summed E-state index contributed by atoms with van der Waals surface area (Å²) in [4.78, 5) is 20.9. The highest BCUT2D eigenvalue weighted by Gasteiger charge is 2.00. The fourth-order valence-electron chi connectivity index (χ4n) is 0.516. The van der Waals surface area contributed by atoms with Crippen molar-refractivity contribution in [3.8, 4) is 0 Å². The summed E-state index contributed by atoms with van der Waals surface area (Å²) in [6.45, 7) is 3.39. The van der Waals surface area contributed by atoms with Gasteiger partial charge in [-0.25, -0.2) is 0 Å². The van der Waals surface area contributed by atoms with Gasteiger partial charge < -0.3 is 0 Å². The zero-order chi connectivity index (χ0) is 7.98. The Labute approximate surface area is 60.2 Å². The average Bonchev–Trinajstić information content (AvgIpc) is 1.91. The number of aldehydes is 1. The van der Waals surface area contributed by atoms with Crippen LogP contribution in [0.1, 0.15) is 13.8 Å². The summed E-state index contributed by atoms with van der Waals surface area (Å²) in [7, 11) is 0. The molecule has 0 bridgehead atoms. The van der Waals surface area contributed by atoms with Crippen molar-refractivity contribution in [1.29, 1.82) is 0 Å². The van der Waals surface area contributed by atoms with Crippen molar-refractivity contribution in [2.24, 2.45) is 0 Å². The Kier molecular flexibility index (Phi) is 4.12. The largest absolute Gasteiger partial charge is 0.298 e. The SMILES string of the molecule is CC=CC(=O)/C(C=O)=C\C. The summed E-state index contributed by atoms with van der Waals surface area (Å²) < 4.78 is 0. The first-order chi connectivity index (χ1) is 4.76. The van der Waals surface area contributed by atoms with Gasteiger partial charge in [-0.2, -0.15) is 0 Å². The highest BCUT2D eigenvalue weighted by atomic mass is 16.1. The lowest BCUT2D eigenvalue weighted by Gasteiger charge is -1.87. The van der Waals surface area contributed by atoms with Crippen LogP contribution in [0, 0.1) is 0 Å². The number of hydrogen-bond acceptors (Lipinski definition) is 2. The minimum Gasteiger partial charge on any atom is -0.298 e. The summed E-state index contributed by atoms with van der Waals surface area (Å²) in [6, 6.07) is 0. The summed E-state index contributed by atoms with van der Waals surface area (Å²) >= 11 is 0. The zero-order valence-electron chi connectivity index (χ0n) is 6.13.